The number of anilines is 1. The molecule has 1 N–H and O–H groups in total. The molecule has 7 nitrogen and oxygen atoms in total. The Morgan fingerprint density at radius 2 is 1.68 bits per heavy atom. The normalized spacial score (nSPS) is 14.9. The first kappa shape index (κ1) is 22.7. The van der Waals surface area contributed by atoms with Gasteiger partial charge in [0.15, 0.2) is 11.5 Å². The number of barbiturate groups is 1. The average Bonchev–Trinajstić information content (AvgIpc) is 2.82. The van der Waals surface area contributed by atoms with Crippen LogP contribution in [-0.2, 0) is 16.2 Å². The van der Waals surface area contributed by atoms with Crippen LogP contribution in [0.1, 0.15) is 11.1 Å². The highest BCUT2D eigenvalue weighted by molar-refractivity contribution is 6.39. The predicted octanol–water partition coefficient (Wildman–Crippen LogP) is 4.22. The number of nitrogens with zero attached hydrogens (tertiary/aromatic N) is 1. The standard InChI is InChI=1S/C25H18F2N2O5/c1-33-22-13-15(5-10-21(22)34-14-16-3-2-4-18(27)11-16)12-20-23(30)28-25(32)29(24(20)31)19-8-6-17(26)7-9-19/h2-13H,14H2,1H3,(H,28,30,32). The summed E-state index contributed by atoms with van der Waals surface area (Å²) in [6, 6.07) is 14.5. The molecule has 0 bridgehead atoms. The lowest BCUT2D eigenvalue weighted by molar-refractivity contribution is -0.122. The van der Waals surface area contributed by atoms with Gasteiger partial charge in [-0.2, -0.15) is 0 Å². The van der Waals surface area contributed by atoms with Crippen LogP contribution < -0.4 is 19.7 Å². The quantitative estimate of drug-likeness (QED) is 0.436. The largest absolute Gasteiger partial charge is 0.493 e. The van der Waals surface area contributed by atoms with E-state index in [1.54, 1.807) is 30.3 Å². The van der Waals surface area contributed by atoms with Crippen LogP contribution in [0, 0.1) is 11.6 Å². The van der Waals surface area contributed by atoms with E-state index in [0.717, 1.165) is 17.0 Å². The van der Waals surface area contributed by atoms with Crippen LogP contribution in [-0.4, -0.2) is 25.0 Å². The van der Waals surface area contributed by atoms with Gasteiger partial charge < -0.3 is 9.47 Å². The molecule has 1 aliphatic rings. The van der Waals surface area contributed by atoms with Gasteiger partial charge in [0.25, 0.3) is 11.8 Å². The minimum Gasteiger partial charge on any atom is -0.493 e. The Morgan fingerprint density at radius 3 is 2.38 bits per heavy atom. The molecule has 4 amide bonds. The second-order valence-electron chi connectivity index (χ2n) is 7.26. The maximum absolute atomic E-state index is 13.4. The van der Waals surface area contributed by atoms with Crippen molar-refractivity contribution in [2.75, 3.05) is 12.0 Å². The van der Waals surface area contributed by atoms with Crippen molar-refractivity contribution in [3.8, 4) is 11.5 Å². The van der Waals surface area contributed by atoms with Crippen molar-refractivity contribution < 1.29 is 32.6 Å². The third-order valence-corrected chi connectivity index (χ3v) is 4.97. The molecule has 0 spiro atoms. The number of rotatable bonds is 6. The third kappa shape index (κ3) is 4.78. The van der Waals surface area contributed by atoms with E-state index in [1.807, 2.05) is 0 Å². The summed E-state index contributed by atoms with van der Waals surface area (Å²) in [5, 5.41) is 2.10. The molecule has 172 valence electrons. The molecule has 9 heteroatoms. The first-order valence-corrected chi connectivity index (χ1v) is 10.1. The van der Waals surface area contributed by atoms with Crippen molar-refractivity contribution in [1.82, 2.24) is 5.32 Å². The number of hydrogen-bond acceptors (Lipinski definition) is 5. The molecule has 1 fully saturated rings. The summed E-state index contributed by atoms with van der Waals surface area (Å²) in [5.41, 5.74) is 0.880. The summed E-state index contributed by atoms with van der Waals surface area (Å²) in [5.74, 6) is -1.94. The molecule has 0 atom stereocenters. The van der Waals surface area contributed by atoms with Crippen LogP contribution in [0.5, 0.6) is 11.5 Å². The van der Waals surface area contributed by atoms with Crippen LogP contribution in [0.15, 0.2) is 72.3 Å². The fourth-order valence-electron chi connectivity index (χ4n) is 3.33. The molecule has 0 unspecified atom stereocenters. The van der Waals surface area contributed by atoms with Gasteiger partial charge in [-0.3, -0.25) is 14.9 Å². The number of urea groups is 1. The van der Waals surface area contributed by atoms with Crippen molar-refractivity contribution in [2.24, 2.45) is 0 Å². The van der Waals surface area contributed by atoms with Gasteiger partial charge in [-0.1, -0.05) is 18.2 Å². The lowest BCUT2D eigenvalue weighted by Gasteiger charge is -2.26. The van der Waals surface area contributed by atoms with Gasteiger partial charge in [-0.05, 0) is 65.7 Å². The summed E-state index contributed by atoms with van der Waals surface area (Å²) in [4.78, 5) is 38.3. The molecule has 3 aromatic carbocycles. The van der Waals surface area contributed by atoms with E-state index < -0.39 is 23.7 Å². The molecule has 1 aliphatic heterocycles. The van der Waals surface area contributed by atoms with Gasteiger partial charge in [0.1, 0.15) is 23.8 Å². The van der Waals surface area contributed by atoms with E-state index in [2.05, 4.69) is 5.32 Å². The average molecular weight is 464 g/mol. The molecule has 1 saturated heterocycles. The highest BCUT2D eigenvalue weighted by atomic mass is 19.1. The van der Waals surface area contributed by atoms with Crippen molar-refractivity contribution in [3.63, 3.8) is 0 Å². The number of ether oxygens (including phenoxy) is 2. The summed E-state index contributed by atoms with van der Waals surface area (Å²) in [6.07, 6.45) is 1.31. The summed E-state index contributed by atoms with van der Waals surface area (Å²) < 4.78 is 37.7. The molecule has 4 rings (SSSR count). The Balaban J connectivity index is 1.59. The molecule has 3 aromatic rings. The number of carbonyl (C=O) groups is 3. The molecular formula is C25H18F2N2O5. The van der Waals surface area contributed by atoms with Gasteiger partial charge in [0, 0.05) is 0 Å². The third-order valence-electron chi connectivity index (χ3n) is 4.97. The summed E-state index contributed by atoms with van der Waals surface area (Å²) >= 11 is 0. The molecule has 34 heavy (non-hydrogen) atoms. The Kier molecular flexibility index (Phi) is 6.35. The number of carbonyl (C=O) groups excluding carboxylic acids is 3. The zero-order chi connectivity index (χ0) is 24.2. The monoisotopic (exact) mass is 464 g/mol. The van der Waals surface area contributed by atoms with Crippen molar-refractivity contribution in [1.29, 1.82) is 0 Å². The minimum absolute atomic E-state index is 0.101. The Bertz CT molecular complexity index is 1300. The van der Waals surface area contributed by atoms with E-state index >= 15 is 0 Å². The van der Waals surface area contributed by atoms with Gasteiger partial charge >= 0.3 is 6.03 Å². The summed E-state index contributed by atoms with van der Waals surface area (Å²) in [6.45, 7) is 0.101. The van der Waals surface area contributed by atoms with Crippen LogP contribution in [0.4, 0.5) is 19.3 Å². The maximum Gasteiger partial charge on any atom is 0.335 e. The highest BCUT2D eigenvalue weighted by Crippen LogP contribution is 2.30. The Labute approximate surface area is 193 Å². The summed E-state index contributed by atoms with van der Waals surface area (Å²) in [7, 11) is 1.43. The lowest BCUT2D eigenvalue weighted by atomic mass is 10.1. The topological polar surface area (TPSA) is 84.9 Å². The molecule has 1 heterocycles. The van der Waals surface area contributed by atoms with Crippen molar-refractivity contribution in [2.45, 2.75) is 6.61 Å². The molecule has 0 aromatic heterocycles. The first-order chi connectivity index (χ1) is 16.4. The zero-order valence-corrected chi connectivity index (χ0v) is 17.9. The fourth-order valence-corrected chi connectivity index (χ4v) is 3.33. The predicted molar refractivity (Wildman–Crippen MR) is 119 cm³/mol. The fraction of sp³-hybridized carbons (Fsp3) is 0.0800. The number of halogens is 2. The first-order valence-electron chi connectivity index (χ1n) is 10.1. The minimum atomic E-state index is -0.933. The SMILES string of the molecule is COc1cc(C=C2C(=O)NC(=O)N(c3ccc(F)cc3)C2=O)ccc1OCc1cccc(F)c1. The van der Waals surface area contributed by atoms with E-state index in [-0.39, 0.29) is 23.7 Å². The van der Waals surface area contributed by atoms with E-state index in [1.165, 1.54) is 37.5 Å². The Morgan fingerprint density at radius 1 is 0.912 bits per heavy atom. The van der Waals surface area contributed by atoms with Crippen LogP contribution in [0.2, 0.25) is 0 Å². The Hall–Kier alpha value is -4.53. The smallest absolute Gasteiger partial charge is 0.335 e. The van der Waals surface area contributed by atoms with E-state index in [4.69, 9.17) is 9.47 Å². The lowest BCUT2D eigenvalue weighted by Crippen LogP contribution is -2.54. The maximum atomic E-state index is 13.4. The van der Waals surface area contributed by atoms with Gasteiger partial charge in [0.05, 0.1) is 12.8 Å². The van der Waals surface area contributed by atoms with Crippen molar-refractivity contribution >= 4 is 29.6 Å². The number of amides is 4. The van der Waals surface area contributed by atoms with Crippen LogP contribution in [0.25, 0.3) is 6.08 Å². The second-order valence-corrected chi connectivity index (χ2v) is 7.26. The van der Waals surface area contributed by atoms with Gasteiger partial charge in [-0.25, -0.2) is 18.5 Å². The van der Waals surface area contributed by atoms with Crippen LogP contribution in [0.3, 0.4) is 0 Å². The number of nitrogens with one attached hydrogen (secondary N) is 1. The number of benzene rings is 3. The van der Waals surface area contributed by atoms with Gasteiger partial charge in [0.2, 0.25) is 0 Å². The van der Waals surface area contributed by atoms with E-state index in [9.17, 15) is 23.2 Å². The van der Waals surface area contributed by atoms with E-state index in [0.29, 0.717) is 22.6 Å². The highest BCUT2D eigenvalue weighted by Gasteiger charge is 2.36. The number of hydrogen-bond donors (Lipinski definition) is 1. The molecule has 0 saturated carbocycles. The number of imide groups is 2. The van der Waals surface area contributed by atoms with Crippen molar-refractivity contribution in [3.05, 3.63) is 95.1 Å². The molecule has 0 radical (unpaired) electrons. The molecular weight excluding hydrogens is 446 g/mol. The zero-order valence-electron chi connectivity index (χ0n) is 17.9. The van der Waals surface area contributed by atoms with Gasteiger partial charge in [-0.15, -0.1) is 0 Å². The van der Waals surface area contributed by atoms with Crippen LogP contribution >= 0.6 is 0 Å². The number of methoxy groups -OCH3 is 1. The molecule has 0 aliphatic carbocycles. The second kappa shape index (κ2) is 9.53.